The zero-order valence-electron chi connectivity index (χ0n) is 15.1. The lowest BCUT2D eigenvalue weighted by Crippen LogP contribution is -2.53. The molecule has 5 nitrogen and oxygen atoms in total. The lowest BCUT2D eigenvalue weighted by atomic mass is 10.2. The molecule has 1 aliphatic heterocycles. The molecular weight excluding hydrogens is 433 g/mol. The van der Waals surface area contributed by atoms with E-state index in [-0.39, 0.29) is 24.0 Å². The summed E-state index contributed by atoms with van der Waals surface area (Å²) in [5.41, 5.74) is 1.27. The monoisotopic (exact) mass is 465 g/mol. The van der Waals surface area contributed by atoms with E-state index in [0.717, 1.165) is 25.6 Å². The summed E-state index contributed by atoms with van der Waals surface area (Å²) in [5, 5.41) is 11.1. The number of rotatable bonds is 7. The number of nitrogens with one attached hydrogen (secondary N) is 2. The van der Waals surface area contributed by atoms with Gasteiger partial charge >= 0.3 is 0 Å². The summed E-state index contributed by atoms with van der Waals surface area (Å²) in [5.74, 6) is 0.915. The Morgan fingerprint density at radius 3 is 2.58 bits per heavy atom. The molecule has 0 radical (unpaired) electrons. The van der Waals surface area contributed by atoms with Crippen LogP contribution in [0.1, 0.15) is 26.3 Å². The second-order valence-electron chi connectivity index (χ2n) is 6.03. The van der Waals surface area contributed by atoms with Gasteiger partial charge in [0.25, 0.3) is 0 Å². The third-order valence-electron chi connectivity index (χ3n) is 4.39. The van der Waals surface area contributed by atoms with Gasteiger partial charge < -0.3 is 15.5 Å². The number of nitrogens with zero attached hydrogens (tertiary/aromatic N) is 3. The molecule has 7 heteroatoms. The molecule has 1 unspecified atom stereocenters. The summed E-state index contributed by atoms with van der Waals surface area (Å²) in [6.07, 6.45) is 0. The molecule has 1 aliphatic rings. The average Bonchev–Trinajstić information content (AvgIpc) is 3.10. The van der Waals surface area contributed by atoms with Crippen molar-refractivity contribution in [1.82, 2.24) is 20.4 Å². The summed E-state index contributed by atoms with van der Waals surface area (Å²) in [6, 6.07) is 2.66. The smallest absolute Gasteiger partial charge is 0.191 e. The maximum Gasteiger partial charge on any atom is 0.191 e. The Morgan fingerprint density at radius 1 is 1.25 bits per heavy atom. The van der Waals surface area contributed by atoms with Gasteiger partial charge in [0, 0.05) is 45.3 Å². The molecule has 2 heterocycles. The Balaban J connectivity index is 0.00000288. The van der Waals surface area contributed by atoms with Gasteiger partial charge in [0.1, 0.15) is 0 Å². The summed E-state index contributed by atoms with van der Waals surface area (Å²) in [7, 11) is 0. The summed E-state index contributed by atoms with van der Waals surface area (Å²) in [6.45, 7) is 15.1. The van der Waals surface area contributed by atoms with E-state index in [9.17, 15) is 0 Å². The van der Waals surface area contributed by atoms with Crippen LogP contribution in [0.5, 0.6) is 0 Å². The van der Waals surface area contributed by atoms with Crippen molar-refractivity contribution in [2.24, 2.45) is 4.99 Å². The van der Waals surface area contributed by atoms with Gasteiger partial charge in [0.2, 0.25) is 0 Å². The quantitative estimate of drug-likeness (QED) is 0.369. The molecule has 0 aromatic carbocycles. The second-order valence-corrected chi connectivity index (χ2v) is 6.81. The Bertz CT molecular complexity index is 458. The molecule has 24 heavy (non-hydrogen) atoms. The van der Waals surface area contributed by atoms with Crippen molar-refractivity contribution in [3.05, 3.63) is 22.4 Å². The van der Waals surface area contributed by atoms with Crippen LogP contribution in [0.15, 0.2) is 21.8 Å². The Morgan fingerprint density at radius 2 is 2.00 bits per heavy atom. The van der Waals surface area contributed by atoms with Crippen molar-refractivity contribution in [3.8, 4) is 0 Å². The first-order chi connectivity index (χ1) is 11.2. The number of piperazine rings is 1. The maximum absolute atomic E-state index is 4.67. The number of hydrogen-bond acceptors (Lipinski definition) is 4. The molecule has 1 fully saturated rings. The number of hydrogen-bond donors (Lipinski definition) is 2. The highest BCUT2D eigenvalue weighted by Gasteiger charge is 2.20. The van der Waals surface area contributed by atoms with Gasteiger partial charge in [-0.1, -0.05) is 6.92 Å². The predicted molar refractivity (Wildman–Crippen MR) is 116 cm³/mol. The first-order valence-corrected chi connectivity index (χ1v) is 9.66. The van der Waals surface area contributed by atoms with Crippen molar-refractivity contribution in [1.29, 1.82) is 0 Å². The van der Waals surface area contributed by atoms with Crippen molar-refractivity contribution >= 4 is 41.3 Å². The van der Waals surface area contributed by atoms with Crippen molar-refractivity contribution in [2.45, 2.75) is 33.4 Å². The summed E-state index contributed by atoms with van der Waals surface area (Å²) in [4.78, 5) is 9.76. The van der Waals surface area contributed by atoms with E-state index in [0.29, 0.717) is 6.04 Å². The zero-order valence-corrected chi connectivity index (χ0v) is 18.3. The first kappa shape index (κ1) is 21.7. The molecule has 0 bridgehead atoms. The van der Waals surface area contributed by atoms with Crippen LogP contribution in [0, 0.1) is 0 Å². The van der Waals surface area contributed by atoms with E-state index in [1.165, 1.54) is 38.3 Å². The van der Waals surface area contributed by atoms with Crippen LogP contribution in [0.2, 0.25) is 0 Å². The van der Waals surface area contributed by atoms with E-state index in [1.54, 1.807) is 11.3 Å². The molecule has 2 rings (SSSR count). The first-order valence-electron chi connectivity index (χ1n) is 8.72. The number of halogens is 1. The fourth-order valence-corrected chi connectivity index (χ4v) is 3.45. The zero-order chi connectivity index (χ0) is 16.5. The Kier molecular flexibility index (Phi) is 10.9. The molecule has 0 spiro atoms. The highest BCUT2D eigenvalue weighted by molar-refractivity contribution is 14.0. The molecule has 2 N–H and O–H groups in total. The molecule has 0 saturated carbocycles. The summed E-state index contributed by atoms with van der Waals surface area (Å²) >= 11 is 1.72. The van der Waals surface area contributed by atoms with Gasteiger partial charge in [0.15, 0.2) is 5.96 Å². The minimum absolute atomic E-state index is 0. The number of aliphatic imine (C=N–C) groups is 1. The lowest BCUT2D eigenvalue weighted by molar-refractivity contribution is 0.107. The van der Waals surface area contributed by atoms with Gasteiger partial charge in [-0.25, -0.2) is 4.99 Å². The van der Waals surface area contributed by atoms with Crippen LogP contribution in [0.25, 0.3) is 0 Å². The third-order valence-corrected chi connectivity index (χ3v) is 5.12. The van der Waals surface area contributed by atoms with E-state index in [4.69, 9.17) is 0 Å². The van der Waals surface area contributed by atoms with Gasteiger partial charge in [-0.05, 0) is 42.8 Å². The van der Waals surface area contributed by atoms with Gasteiger partial charge in [-0.15, -0.1) is 24.0 Å². The molecule has 138 valence electrons. The van der Waals surface area contributed by atoms with Gasteiger partial charge in [-0.3, -0.25) is 4.90 Å². The van der Waals surface area contributed by atoms with Crippen LogP contribution in [0.4, 0.5) is 0 Å². The lowest BCUT2D eigenvalue weighted by Gasteiger charge is -2.37. The van der Waals surface area contributed by atoms with Crippen LogP contribution in [-0.2, 0) is 6.54 Å². The van der Waals surface area contributed by atoms with Crippen molar-refractivity contribution in [3.63, 3.8) is 0 Å². The highest BCUT2D eigenvalue weighted by atomic mass is 127. The van der Waals surface area contributed by atoms with Gasteiger partial charge in [-0.2, -0.15) is 11.3 Å². The fourth-order valence-electron chi connectivity index (χ4n) is 2.79. The molecule has 1 atom stereocenters. The molecular formula is C17H32IN5S. The average molecular weight is 465 g/mol. The third kappa shape index (κ3) is 7.25. The van der Waals surface area contributed by atoms with Crippen LogP contribution in [0.3, 0.4) is 0 Å². The molecule has 1 saturated heterocycles. The number of thiophene rings is 1. The van der Waals surface area contributed by atoms with Crippen LogP contribution < -0.4 is 10.6 Å². The van der Waals surface area contributed by atoms with E-state index in [1.807, 2.05) is 0 Å². The standard InChI is InChI=1S/C17H31N5S.HI/c1-4-18-17(20-13-16-6-11-23-14-16)19-12-15(3)22-9-7-21(5-2)8-10-22;/h6,11,14-15H,4-5,7-10,12-13H2,1-3H3,(H2,18,19,20);1H. The summed E-state index contributed by atoms with van der Waals surface area (Å²) < 4.78 is 0. The predicted octanol–water partition coefficient (Wildman–Crippen LogP) is 2.45. The normalized spacial score (nSPS) is 18.0. The molecule has 0 amide bonds. The number of likely N-dealkylation sites (N-methyl/N-ethyl adjacent to an activating group) is 1. The SMILES string of the molecule is CCNC(=NCc1ccsc1)NCC(C)N1CCN(CC)CC1.I. The Hall–Kier alpha value is -0.380. The largest absolute Gasteiger partial charge is 0.357 e. The van der Waals surface area contributed by atoms with Crippen LogP contribution in [-0.4, -0.2) is 67.6 Å². The Labute approximate surface area is 167 Å². The van der Waals surface area contributed by atoms with Gasteiger partial charge in [0.05, 0.1) is 6.54 Å². The molecule has 0 aliphatic carbocycles. The van der Waals surface area contributed by atoms with E-state index >= 15 is 0 Å². The number of guanidine groups is 1. The topological polar surface area (TPSA) is 42.9 Å². The van der Waals surface area contributed by atoms with Crippen LogP contribution >= 0.6 is 35.3 Å². The highest BCUT2D eigenvalue weighted by Crippen LogP contribution is 2.07. The maximum atomic E-state index is 4.67. The van der Waals surface area contributed by atoms with Crippen molar-refractivity contribution < 1.29 is 0 Å². The minimum Gasteiger partial charge on any atom is -0.357 e. The molecule has 1 aromatic rings. The van der Waals surface area contributed by atoms with Crippen molar-refractivity contribution in [2.75, 3.05) is 45.8 Å². The second kappa shape index (κ2) is 12.1. The minimum atomic E-state index is 0. The molecule has 1 aromatic heterocycles. The fraction of sp³-hybridized carbons (Fsp3) is 0.706. The van der Waals surface area contributed by atoms with E-state index < -0.39 is 0 Å². The van der Waals surface area contributed by atoms with E-state index in [2.05, 4.69) is 63.0 Å².